The van der Waals surface area contributed by atoms with Gasteiger partial charge in [-0.2, -0.15) is 0 Å². The van der Waals surface area contributed by atoms with Gasteiger partial charge >= 0.3 is 12.1 Å². The largest absolute Gasteiger partial charge is 0.493 e. The molecule has 1 atom stereocenters. The number of nitrogens with one attached hydrogen (secondary N) is 1. The molecule has 8 nitrogen and oxygen atoms in total. The standard InChI is InChI=1S/C22H28N2O6S/c1-12(23-21(27)30-22(2,3)4)18-17(20(25)26)24-19(31-18)14-8-9-15(28-5)16(10-14)29-11-13-6-7-13/h8-10,12-13H,6-7,11H2,1-5H3,(H,23,27)(H,25,26). The zero-order valence-electron chi connectivity index (χ0n) is 18.4. The van der Waals surface area contributed by atoms with Gasteiger partial charge < -0.3 is 24.6 Å². The summed E-state index contributed by atoms with van der Waals surface area (Å²) in [6.07, 6.45) is 1.72. The summed E-state index contributed by atoms with van der Waals surface area (Å²) in [5, 5.41) is 12.8. The molecule has 1 saturated carbocycles. The van der Waals surface area contributed by atoms with Crippen molar-refractivity contribution in [2.75, 3.05) is 13.7 Å². The molecule has 1 aromatic heterocycles. The molecule has 0 aliphatic heterocycles. The van der Waals surface area contributed by atoms with Gasteiger partial charge in [0.1, 0.15) is 10.6 Å². The fourth-order valence-electron chi connectivity index (χ4n) is 2.87. The van der Waals surface area contributed by atoms with Crippen LogP contribution in [0.1, 0.15) is 61.9 Å². The van der Waals surface area contributed by atoms with Crippen LogP contribution >= 0.6 is 11.3 Å². The third kappa shape index (κ3) is 6.10. The predicted molar refractivity (Wildman–Crippen MR) is 117 cm³/mol. The summed E-state index contributed by atoms with van der Waals surface area (Å²) in [7, 11) is 1.58. The van der Waals surface area contributed by atoms with Gasteiger partial charge in [-0.05, 0) is 64.7 Å². The highest BCUT2D eigenvalue weighted by Crippen LogP contribution is 2.38. The number of aromatic carboxylic acids is 1. The first-order valence-electron chi connectivity index (χ1n) is 10.1. The average Bonchev–Trinajstić information content (AvgIpc) is 3.39. The fraction of sp³-hybridized carbons (Fsp3) is 0.500. The predicted octanol–water partition coefficient (Wildman–Crippen LogP) is 4.89. The van der Waals surface area contributed by atoms with Gasteiger partial charge in [-0.15, -0.1) is 11.3 Å². The van der Waals surface area contributed by atoms with Crippen molar-refractivity contribution in [3.8, 4) is 22.1 Å². The topological polar surface area (TPSA) is 107 Å². The van der Waals surface area contributed by atoms with Crippen molar-refractivity contribution in [3.63, 3.8) is 0 Å². The third-order valence-corrected chi connectivity index (χ3v) is 5.85. The molecule has 0 spiro atoms. The number of hydrogen-bond donors (Lipinski definition) is 2. The van der Waals surface area contributed by atoms with Gasteiger partial charge in [0.2, 0.25) is 0 Å². The van der Waals surface area contributed by atoms with Crippen molar-refractivity contribution in [2.24, 2.45) is 5.92 Å². The van der Waals surface area contributed by atoms with E-state index in [1.807, 2.05) is 6.07 Å². The van der Waals surface area contributed by atoms with Gasteiger partial charge in [-0.25, -0.2) is 14.6 Å². The molecule has 168 valence electrons. The minimum absolute atomic E-state index is 0.0974. The molecule has 1 heterocycles. The van der Waals surface area contributed by atoms with Gasteiger partial charge in [0.05, 0.1) is 24.6 Å². The van der Waals surface area contributed by atoms with Crippen molar-refractivity contribution < 1.29 is 28.9 Å². The van der Waals surface area contributed by atoms with Crippen molar-refractivity contribution in [2.45, 2.75) is 52.2 Å². The molecule has 0 radical (unpaired) electrons. The molecular weight excluding hydrogens is 420 g/mol. The number of aromatic nitrogens is 1. The third-order valence-electron chi connectivity index (χ3n) is 4.56. The molecule has 1 unspecified atom stereocenters. The van der Waals surface area contributed by atoms with Crippen LogP contribution in [0.3, 0.4) is 0 Å². The molecule has 1 amide bonds. The van der Waals surface area contributed by atoms with E-state index >= 15 is 0 Å². The number of benzene rings is 1. The van der Waals surface area contributed by atoms with Gasteiger partial charge in [0.25, 0.3) is 0 Å². The summed E-state index contributed by atoms with van der Waals surface area (Å²) in [4.78, 5) is 28.7. The second kappa shape index (κ2) is 9.13. The van der Waals surface area contributed by atoms with Crippen LogP contribution in [0.25, 0.3) is 10.6 Å². The molecule has 0 bridgehead atoms. The molecule has 1 aliphatic carbocycles. The number of carbonyl (C=O) groups excluding carboxylic acids is 1. The van der Waals surface area contributed by atoms with Crippen LogP contribution in [0.4, 0.5) is 4.79 Å². The number of methoxy groups -OCH3 is 1. The van der Waals surface area contributed by atoms with Crippen LogP contribution in [0.5, 0.6) is 11.5 Å². The fourth-order valence-corrected chi connectivity index (χ4v) is 3.92. The minimum atomic E-state index is -1.16. The van der Waals surface area contributed by atoms with Crippen LogP contribution in [-0.2, 0) is 4.74 Å². The Hall–Kier alpha value is -2.81. The molecule has 9 heteroatoms. The lowest BCUT2D eigenvalue weighted by Crippen LogP contribution is -2.34. The number of carboxylic acid groups (broad SMARTS) is 1. The van der Waals surface area contributed by atoms with Crippen LogP contribution in [0.15, 0.2) is 18.2 Å². The molecule has 1 fully saturated rings. The molecule has 2 aromatic rings. The van der Waals surface area contributed by atoms with Crippen molar-refractivity contribution >= 4 is 23.4 Å². The van der Waals surface area contributed by atoms with E-state index in [1.165, 1.54) is 24.2 Å². The summed E-state index contributed by atoms with van der Waals surface area (Å²) in [5.41, 5.74) is -0.0345. The SMILES string of the molecule is COc1ccc(-c2nc(C(=O)O)c(C(C)NC(=O)OC(C)(C)C)s2)cc1OCC1CC1. The van der Waals surface area contributed by atoms with E-state index in [0.717, 1.165) is 5.56 Å². The second-order valence-corrected chi connectivity index (χ2v) is 9.56. The van der Waals surface area contributed by atoms with E-state index < -0.39 is 23.7 Å². The van der Waals surface area contributed by atoms with Crippen molar-refractivity contribution in [1.82, 2.24) is 10.3 Å². The summed E-state index contributed by atoms with van der Waals surface area (Å²) in [6, 6.07) is 4.81. The van der Waals surface area contributed by atoms with Gasteiger partial charge in [-0.3, -0.25) is 0 Å². The Morgan fingerprint density at radius 1 is 1.29 bits per heavy atom. The highest BCUT2D eigenvalue weighted by atomic mass is 32.1. The molecule has 31 heavy (non-hydrogen) atoms. The molecule has 1 aromatic carbocycles. The highest BCUT2D eigenvalue weighted by molar-refractivity contribution is 7.15. The average molecular weight is 449 g/mol. The Balaban J connectivity index is 1.86. The first-order valence-corrected chi connectivity index (χ1v) is 10.9. The summed E-state index contributed by atoms with van der Waals surface area (Å²) in [6.45, 7) is 7.61. The Kier molecular flexibility index (Phi) is 6.74. The van der Waals surface area contributed by atoms with E-state index in [0.29, 0.717) is 33.9 Å². The number of alkyl carbamates (subject to hydrolysis) is 1. The number of hydrogen-bond acceptors (Lipinski definition) is 7. The van der Waals surface area contributed by atoms with E-state index in [9.17, 15) is 14.7 Å². The Morgan fingerprint density at radius 3 is 2.58 bits per heavy atom. The quantitative estimate of drug-likeness (QED) is 0.592. The second-order valence-electron chi connectivity index (χ2n) is 8.52. The molecule has 0 saturated heterocycles. The van der Waals surface area contributed by atoms with Crippen LogP contribution in [0, 0.1) is 5.92 Å². The Labute approximate surface area is 185 Å². The number of carboxylic acids is 1. The summed E-state index contributed by atoms with van der Waals surface area (Å²) in [5.74, 6) is 0.632. The number of thiazole rings is 1. The summed E-state index contributed by atoms with van der Waals surface area (Å²) >= 11 is 1.21. The normalized spacial score (nSPS) is 14.6. The Bertz CT molecular complexity index is 961. The maximum atomic E-state index is 12.1. The molecule has 1 aliphatic rings. The lowest BCUT2D eigenvalue weighted by molar-refractivity contribution is 0.0505. The smallest absolute Gasteiger partial charge is 0.408 e. The van der Waals surface area contributed by atoms with Crippen LogP contribution in [0.2, 0.25) is 0 Å². The number of rotatable bonds is 8. The van der Waals surface area contributed by atoms with Crippen molar-refractivity contribution in [1.29, 1.82) is 0 Å². The van der Waals surface area contributed by atoms with Gasteiger partial charge in [0, 0.05) is 5.56 Å². The molecular formula is C22H28N2O6S. The minimum Gasteiger partial charge on any atom is -0.493 e. The van der Waals surface area contributed by atoms with E-state index in [1.54, 1.807) is 46.9 Å². The maximum absolute atomic E-state index is 12.1. The van der Waals surface area contributed by atoms with Crippen molar-refractivity contribution in [3.05, 3.63) is 28.8 Å². The lowest BCUT2D eigenvalue weighted by atomic mass is 10.2. The zero-order chi connectivity index (χ0) is 22.8. The summed E-state index contributed by atoms with van der Waals surface area (Å²) < 4.78 is 16.6. The first kappa shape index (κ1) is 22.9. The van der Waals surface area contributed by atoms with E-state index in [4.69, 9.17) is 14.2 Å². The Morgan fingerprint density at radius 2 is 2.00 bits per heavy atom. The van der Waals surface area contributed by atoms with Crippen LogP contribution < -0.4 is 14.8 Å². The van der Waals surface area contributed by atoms with Gasteiger partial charge in [-0.1, -0.05) is 0 Å². The van der Waals surface area contributed by atoms with Gasteiger partial charge in [0.15, 0.2) is 17.2 Å². The molecule has 3 rings (SSSR count). The highest BCUT2D eigenvalue weighted by Gasteiger charge is 2.26. The number of carbonyl (C=O) groups is 2. The van der Waals surface area contributed by atoms with E-state index in [-0.39, 0.29) is 5.69 Å². The molecule has 2 N–H and O–H groups in total. The maximum Gasteiger partial charge on any atom is 0.408 e. The number of ether oxygens (including phenoxy) is 3. The monoisotopic (exact) mass is 448 g/mol. The lowest BCUT2D eigenvalue weighted by Gasteiger charge is -2.21. The zero-order valence-corrected chi connectivity index (χ0v) is 19.2. The number of amides is 1. The first-order chi connectivity index (χ1) is 14.6. The van der Waals surface area contributed by atoms with E-state index in [2.05, 4.69) is 10.3 Å². The number of nitrogens with zero attached hydrogens (tertiary/aromatic N) is 1. The van der Waals surface area contributed by atoms with Crippen LogP contribution in [-0.4, -0.2) is 41.5 Å².